The molecule has 0 atom stereocenters. The molecule has 3 aromatic carbocycles. The molecule has 1 heterocycles. The summed E-state index contributed by atoms with van der Waals surface area (Å²) in [6.45, 7) is 0.833. The van der Waals surface area contributed by atoms with Gasteiger partial charge in [-0.1, -0.05) is 48.5 Å². The lowest BCUT2D eigenvalue weighted by Crippen LogP contribution is -2.38. The minimum Gasteiger partial charge on any atom is -0.354 e. The van der Waals surface area contributed by atoms with Crippen molar-refractivity contribution in [3.05, 3.63) is 83.9 Å². The lowest BCUT2D eigenvalue weighted by molar-refractivity contribution is -0.121. The van der Waals surface area contributed by atoms with Crippen molar-refractivity contribution in [2.75, 3.05) is 6.54 Å². The van der Waals surface area contributed by atoms with Gasteiger partial charge in [-0.3, -0.25) is 16.0 Å². The first kappa shape index (κ1) is 19.3. The Morgan fingerprint density at radius 1 is 0.967 bits per heavy atom. The monoisotopic (exact) mass is 399 g/mol. The predicted octanol–water partition coefficient (Wildman–Crippen LogP) is 1.98. The van der Waals surface area contributed by atoms with Crippen LogP contribution in [0.1, 0.15) is 11.1 Å². The number of nitrogens with zero attached hydrogens (tertiary/aromatic N) is 3. The summed E-state index contributed by atoms with van der Waals surface area (Å²) in [4.78, 5) is 12.7. The van der Waals surface area contributed by atoms with Crippen molar-refractivity contribution in [2.24, 2.45) is 16.2 Å². The maximum absolute atomic E-state index is 12.7. The van der Waals surface area contributed by atoms with Gasteiger partial charge in [0.25, 0.3) is 0 Å². The van der Waals surface area contributed by atoms with Crippen LogP contribution in [0.5, 0.6) is 0 Å². The van der Waals surface area contributed by atoms with Crippen LogP contribution >= 0.6 is 0 Å². The molecule has 0 saturated carbocycles. The third-order valence-corrected chi connectivity index (χ3v) is 5.11. The highest BCUT2D eigenvalue weighted by Gasteiger charge is 2.16. The van der Waals surface area contributed by atoms with Gasteiger partial charge in [0.1, 0.15) is 6.54 Å². The van der Waals surface area contributed by atoms with Crippen LogP contribution in [0, 0.1) is 0 Å². The van der Waals surface area contributed by atoms with Crippen LogP contribution < -0.4 is 16.6 Å². The van der Waals surface area contributed by atoms with Gasteiger partial charge in [-0.2, -0.15) is 0 Å². The molecule has 0 aliphatic rings. The first-order valence-corrected chi connectivity index (χ1v) is 9.72. The Bertz CT molecular complexity index is 1240. The first-order valence-electron chi connectivity index (χ1n) is 9.72. The minimum absolute atomic E-state index is 0.0272. The van der Waals surface area contributed by atoms with E-state index in [1.807, 2.05) is 65.2 Å². The average molecular weight is 399 g/mol. The number of carbonyl (C=O) groups is 1. The van der Waals surface area contributed by atoms with Crippen LogP contribution in [0.15, 0.2) is 83.1 Å². The van der Waals surface area contributed by atoms with E-state index in [1.165, 1.54) is 5.56 Å². The summed E-state index contributed by atoms with van der Waals surface area (Å²) in [5.41, 5.74) is 3.87. The molecule has 0 spiro atoms. The lowest BCUT2D eigenvalue weighted by atomic mass is 10.1. The standard InChI is InChI=1S/C23H22N6O/c24-23(27-28-25)17-10-11-21-19(14-17)18-8-4-5-9-20(18)29(21)15-22(30)26-13-12-16-6-2-1-3-7-16/h1-11,14H,12-13,15H2,(H,26,30)(H3,24,25,27)/p+1. The van der Waals surface area contributed by atoms with Crippen LogP contribution in [0.25, 0.3) is 21.8 Å². The molecule has 5 N–H and O–H groups in total. The number of amides is 1. The lowest BCUT2D eigenvalue weighted by Gasteiger charge is -2.09. The number of amidine groups is 1. The SMILES string of the molecule is NN=NC(=[NH2+])c1ccc2c(c1)c1ccccc1n2CC(=O)NCCc1ccccc1. The van der Waals surface area contributed by atoms with Crippen molar-refractivity contribution in [3.8, 4) is 0 Å². The summed E-state index contributed by atoms with van der Waals surface area (Å²) in [5.74, 6) is 5.33. The second kappa shape index (κ2) is 8.57. The molecule has 4 rings (SSSR count). The zero-order valence-corrected chi connectivity index (χ0v) is 16.5. The van der Waals surface area contributed by atoms with E-state index in [2.05, 4.69) is 27.8 Å². The van der Waals surface area contributed by atoms with Crippen LogP contribution in [-0.4, -0.2) is 22.9 Å². The van der Waals surface area contributed by atoms with E-state index in [0.29, 0.717) is 6.54 Å². The highest BCUT2D eigenvalue weighted by atomic mass is 16.1. The second-order valence-electron chi connectivity index (χ2n) is 7.02. The molecule has 1 amide bonds. The molecular formula is C23H23N6O+. The normalized spacial score (nSPS) is 11.3. The van der Waals surface area contributed by atoms with Gasteiger partial charge >= 0.3 is 5.84 Å². The van der Waals surface area contributed by atoms with Gasteiger partial charge in [-0.15, -0.1) is 0 Å². The molecule has 1 aromatic heterocycles. The van der Waals surface area contributed by atoms with E-state index in [1.54, 1.807) is 0 Å². The zero-order valence-electron chi connectivity index (χ0n) is 16.5. The Kier molecular flexibility index (Phi) is 5.52. The van der Waals surface area contributed by atoms with E-state index >= 15 is 0 Å². The van der Waals surface area contributed by atoms with Crippen LogP contribution in [0.4, 0.5) is 0 Å². The number of nitrogens with one attached hydrogen (secondary N) is 1. The molecule has 0 unspecified atom stereocenters. The Morgan fingerprint density at radius 3 is 2.50 bits per heavy atom. The number of aromatic nitrogens is 1. The topological polar surface area (TPSA) is 110 Å². The smallest absolute Gasteiger partial charge is 0.350 e. The molecule has 0 radical (unpaired) electrons. The van der Waals surface area contributed by atoms with E-state index in [0.717, 1.165) is 33.8 Å². The number of para-hydroxylation sites is 1. The molecule has 4 aromatic rings. The Labute approximate surface area is 173 Å². The zero-order chi connectivity index (χ0) is 20.9. The highest BCUT2D eigenvalue weighted by Crippen LogP contribution is 2.29. The molecule has 0 bridgehead atoms. The molecular weight excluding hydrogens is 376 g/mol. The van der Waals surface area contributed by atoms with Crippen LogP contribution in [0.2, 0.25) is 0 Å². The molecule has 0 aliphatic heterocycles. The molecule has 0 aliphatic carbocycles. The number of carbonyl (C=O) groups excluding carboxylic acids is 1. The van der Waals surface area contributed by atoms with E-state index in [4.69, 9.17) is 11.3 Å². The van der Waals surface area contributed by atoms with Crippen molar-refractivity contribution in [1.82, 2.24) is 9.88 Å². The maximum Gasteiger partial charge on any atom is 0.350 e. The Hall–Kier alpha value is -4.00. The summed E-state index contributed by atoms with van der Waals surface area (Å²) < 4.78 is 2.02. The van der Waals surface area contributed by atoms with E-state index < -0.39 is 0 Å². The molecule has 0 saturated heterocycles. The van der Waals surface area contributed by atoms with Crippen molar-refractivity contribution >= 4 is 33.5 Å². The molecule has 7 heteroatoms. The highest BCUT2D eigenvalue weighted by molar-refractivity contribution is 6.11. The van der Waals surface area contributed by atoms with Gasteiger partial charge in [-0.05, 0) is 36.2 Å². The van der Waals surface area contributed by atoms with Crippen molar-refractivity contribution in [1.29, 1.82) is 0 Å². The van der Waals surface area contributed by atoms with Crippen LogP contribution in [0.3, 0.4) is 0 Å². The quantitative estimate of drug-likeness (QED) is 0.151. The molecule has 30 heavy (non-hydrogen) atoms. The summed E-state index contributed by atoms with van der Waals surface area (Å²) >= 11 is 0. The fraction of sp³-hybridized carbons (Fsp3) is 0.130. The van der Waals surface area contributed by atoms with Gasteiger partial charge in [0.05, 0.1) is 10.7 Å². The number of rotatable bonds is 6. The molecule has 0 fully saturated rings. The van der Waals surface area contributed by atoms with Gasteiger partial charge in [0.15, 0.2) is 0 Å². The fourth-order valence-corrected chi connectivity index (χ4v) is 3.69. The van der Waals surface area contributed by atoms with Gasteiger partial charge < -0.3 is 9.88 Å². The van der Waals surface area contributed by atoms with E-state index in [9.17, 15) is 4.79 Å². The molecule has 150 valence electrons. The van der Waals surface area contributed by atoms with Crippen molar-refractivity contribution < 1.29 is 10.2 Å². The third kappa shape index (κ3) is 3.91. The average Bonchev–Trinajstić information content (AvgIpc) is 3.08. The number of benzene rings is 3. The second-order valence-corrected chi connectivity index (χ2v) is 7.02. The first-order chi connectivity index (χ1) is 14.7. The van der Waals surface area contributed by atoms with Crippen LogP contribution in [-0.2, 0) is 17.8 Å². The maximum atomic E-state index is 12.7. The summed E-state index contributed by atoms with van der Waals surface area (Å²) in [6.07, 6.45) is 0.800. The van der Waals surface area contributed by atoms with E-state index in [-0.39, 0.29) is 18.3 Å². The molecule has 7 nitrogen and oxygen atoms in total. The largest absolute Gasteiger partial charge is 0.354 e. The van der Waals surface area contributed by atoms with Gasteiger partial charge in [0.2, 0.25) is 5.91 Å². The number of nitrogens with two attached hydrogens (primary N) is 2. The summed E-state index contributed by atoms with van der Waals surface area (Å²) in [5, 5.41) is 18.0. The number of hydrogen-bond acceptors (Lipinski definition) is 2. The predicted molar refractivity (Wildman–Crippen MR) is 118 cm³/mol. The van der Waals surface area contributed by atoms with Crippen molar-refractivity contribution in [3.63, 3.8) is 0 Å². The van der Waals surface area contributed by atoms with Gasteiger partial charge in [-0.25, -0.2) is 0 Å². The number of fused-ring (bicyclic) bond motifs is 3. The summed E-state index contributed by atoms with van der Waals surface area (Å²) in [7, 11) is 0. The van der Waals surface area contributed by atoms with Crippen molar-refractivity contribution in [2.45, 2.75) is 13.0 Å². The number of hydrogen-bond donors (Lipinski definition) is 3. The summed E-state index contributed by atoms with van der Waals surface area (Å²) in [6, 6.07) is 23.9. The third-order valence-electron chi connectivity index (χ3n) is 5.11. The van der Waals surface area contributed by atoms with Gasteiger partial charge in [0, 0.05) is 33.6 Å². The Morgan fingerprint density at radius 2 is 1.70 bits per heavy atom. The minimum atomic E-state index is -0.0272. The Balaban J connectivity index is 1.59. The fourth-order valence-electron chi connectivity index (χ4n) is 3.69.